The molecule has 0 amide bonds. The Kier molecular flexibility index (Phi) is 14.6. The van der Waals surface area contributed by atoms with E-state index in [-0.39, 0.29) is 26.9 Å². The molecule has 0 N–H and O–H groups in total. The molecule has 8 heteroatoms. The summed E-state index contributed by atoms with van der Waals surface area (Å²) in [7, 11) is 0. The summed E-state index contributed by atoms with van der Waals surface area (Å²) in [6, 6.07) is 146. The normalized spacial score (nSPS) is 14.4. The summed E-state index contributed by atoms with van der Waals surface area (Å²) in [5.74, 6) is 0. The van der Waals surface area contributed by atoms with Gasteiger partial charge in [-0.3, -0.25) is 0 Å². The van der Waals surface area contributed by atoms with Crippen LogP contribution in [0.3, 0.4) is 0 Å². The lowest BCUT2D eigenvalue weighted by molar-refractivity contribution is 0.794. The van der Waals surface area contributed by atoms with Gasteiger partial charge in [-0.25, -0.2) is 0 Å². The van der Waals surface area contributed by atoms with Crippen LogP contribution in [0, 0.1) is 0 Å². The highest BCUT2D eigenvalue weighted by molar-refractivity contribution is 7.12. The van der Waals surface area contributed by atoms with E-state index in [1.165, 1.54) is 170 Å². The summed E-state index contributed by atoms with van der Waals surface area (Å²) in [4.78, 5) is 0. The third-order valence-corrected chi connectivity index (χ3v) is 27.0. The Balaban J connectivity index is 0.832. The maximum absolute atomic E-state index is 5.08. The second-order valence-electron chi connectivity index (χ2n) is 32.7. The van der Waals surface area contributed by atoms with Crippen LogP contribution in [0.5, 0.6) is 0 Å². The van der Waals surface area contributed by atoms with Crippen molar-refractivity contribution in [3.05, 3.63) is 441 Å². The van der Waals surface area contributed by atoms with E-state index in [4.69, 9.17) is 6.58 Å². The van der Waals surface area contributed by atoms with E-state index in [0.29, 0.717) is 0 Å². The van der Waals surface area contributed by atoms with Crippen molar-refractivity contribution in [2.24, 2.45) is 0 Å². The van der Waals surface area contributed by atoms with E-state index in [0.717, 1.165) is 50.3 Å². The smallest absolute Gasteiger partial charge is 0.240 e. The summed E-state index contributed by atoms with van der Waals surface area (Å²) in [5.41, 5.74) is 38.6. The number of para-hydroxylation sites is 6. The van der Waals surface area contributed by atoms with Gasteiger partial charge in [0.15, 0.2) is 0 Å². The van der Waals surface area contributed by atoms with E-state index in [9.17, 15) is 0 Å². The molecule has 21 aromatic rings. The van der Waals surface area contributed by atoms with E-state index in [2.05, 4.69) is 432 Å². The van der Waals surface area contributed by atoms with E-state index in [1.54, 1.807) is 0 Å². The summed E-state index contributed by atoms with van der Waals surface area (Å²) in [5, 5.41) is 9.76. The molecule has 1 spiro atoms. The molecule has 0 saturated heterocycles. The first-order chi connectivity index (χ1) is 58.5. The molecule has 17 aromatic carbocycles. The Morgan fingerprint density at radius 1 is 0.263 bits per heavy atom. The monoisotopic (exact) mass is 1490 g/mol. The number of benzene rings is 17. The Morgan fingerprint density at radius 3 is 1.05 bits per heavy atom. The van der Waals surface area contributed by atoms with Crippen LogP contribution in [-0.2, 0) is 5.41 Å². The zero-order valence-corrected chi connectivity index (χ0v) is 65.0. The Labute approximate surface area is 685 Å². The molecule has 6 heterocycles. The van der Waals surface area contributed by atoms with Crippen molar-refractivity contribution in [1.82, 2.24) is 18.3 Å². The molecular formula is C110H72B4N4. The second-order valence-corrected chi connectivity index (χ2v) is 32.7. The fraction of sp³-hybridized carbons (Fsp3) is 0.0182. The first kappa shape index (κ1) is 66.8. The number of aromatic nitrogens is 4. The first-order valence-electron chi connectivity index (χ1n) is 41.5. The van der Waals surface area contributed by atoms with Gasteiger partial charge in [0.2, 0.25) is 26.9 Å². The summed E-state index contributed by atoms with van der Waals surface area (Å²) in [6.45, 7) is 6.67. The standard InChI is InChI=1S/C110H72B4N4/c1-3-4-10-33-70(2)111-92-48-25-27-50-94(92)113(72-36-13-6-14-37-72)108-96(111)62-60-90-106(108)86-64-76(117-101-55-32-24-47-81(101)85-67-102-84(68-103(85)117)80-46-23-30-53-99(80)115(102)74-40-17-8-18-41-74)56-58-88(86)110(90)89-59-57-77(118-100-54-31-22-45-79(100)83-66-82-78-44-21-29-52-98(78)116(104(82)69-105(83)118)75-42-19-9-20-43-75)65-87(89)107-91(110)61-63-97-109(107)114(73-38-15-7-16-39-73)95-51-28-26-49-93(95)112(97)71-34-11-5-12-35-71/h3-69H,2H2,1H3/b4-3-,33-10-. The minimum absolute atomic E-state index is 0.0596. The zero-order chi connectivity index (χ0) is 77.6. The third-order valence-electron chi connectivity index (χ3n) is 27.0. The van der Waals surface area contributed by atoms with Crippen LogP contribution in [0.15, 0.2) is 419 Å². The molecule has 0 bridgehead atoms. The number of allylic oxidation sites excluding steroid dienone is 5. The number of hydrogen-bond acceptors (Lipinski definition) is 0. The van der Waals surface area contributed by atoms with Crippen molar-refractivity contribution in [3.63, 3.8) is 0 Å². The van der Waals surface area contributed by atoms with Crippen molar-refractivity contribution in [2.45, 2.75) is 12.3 Å². The van der Waals surface area contributed by atoms with Crippen LogP contribution in [-0.4, -0.2) is 45.1 Å². The fourth-order valence-corrected chi connectivity index (χ4v) is 22.5. The summed E-state index contributed by atoms with van der Waals surface area (Å²) in [6.07, 6.45) is 8.66. The van der Waals surface area contributed by atoms with Gasteiger partial charge in [-0.2, -0.15) is 0 Å². The highest BCUT2D eigenvalue weighted by Crippen LogP contribution is 2.63. The Hall–Kier alpha value is -14.6. The van der Waals surface area contributed by atoms with Gasteiger partial charge in [0.1, 0.15) is 0 Å². The average Bonchev–Trinajstić information content (AvgIpc) is 1.48. The van der Waals surface area contributed by atoms with Crippen molar-refractivity contribution in [3.8, 4) is 45.0 Å². The number of rotatable bonds is 10. The van der Waals surface area contributed by atoms with E-state index in [1.807, 2.05) is 0 Å². The minimum Gasteiger partial charge on any atom is -0.309 e. The van der Waals surface area contributed by atoms with E-state index < -0.39 is 5.41 Å². The van der Waals surface area contributed by atoms with Crippen molar-refractivity contribution < 1.29 is 0 Å². The van der Waals surface area contributed by atoms with Crippen LogP contribution in [0.25, 0.3) is 132 Å². The maximum atomic E-state index is 5.08. The van der Waals surface area contributed by atoms with Gasteiger partial charge in [-0.05, 0) is 148 Å². The van der Waals surface area contributed by atoms with Crippen LogP contribution in [0.4, 0.5) is 0 Å². The summed E-state index contributed by atoms with van der Waals surface area (Å²) < 4.78 is 10.1. The van der Waals surface area contributed by atoms with Gasteiger partial charge in [0.25, 0.3) is 0 Å². The molecule has 0 radical (unpaired) electrons. The van der Waals surface area contributed by atoms with Crippen LogP contribution >= 0.6 is 0 Å². The molecular weight excluding hydrogens is 1420 g/mol. The van der Waals surface area contributed by atoms with Crippen molar-refractivity contribution in [1.29, 1.82) is 0 Å². The zero-order valence-electron chi connectivity index (χ0n) is 65.0. The molecule has 2 aliphatic carbocycles. The number of nitrogens with zero attached hydrogens (tertiary/aromatic N) is 4. The van der Waals surface area contributed by atoms with Gasteiger partial charge in [0, 0.05) is 65.8 Å². The lowest BCUT2D eigenvalue weighted by atomic mass is 9.20. The van der Waals surface area contributed by atoms with Crippen molar-refractivity contribution in [2.75, 3.05) is 0 Å². The van der Waals surface area contributed by atoms with E-state index >= 15 is 0 Å². The lowest BCUT2D eigenvalue weighted by Crippen LogP contribution is -2.75. The molecule has 118 heavy (non-hydrogen) atoms. The second kappa shape index (κ2) is 25.7. The van der Waals surface area contributed by atoms with Gasteiger partial charge < -0.3 is 18.3 Å². The molecule has 544 valence electrons. The first-order valence-corrected chi connectivity index (χ1v) is 41.5. The molecule has 0 fully saturated rings. The molecule has 1 unspecified atom stereocenters. The van der Waals surface area contributed by atoms with Crippen LogP contribution < -0.4 is 60.1 Å². The van der Waals surface area contributed by atoms with Gasteiger partial charge >= 0.3 is 0 Å². The number of fused-ring (bicyclic) bond motifs is 28. The molecule has 4 aliphatic rings. The quantitative estimate of drug-likeness (QED) is 0.0961. The SMILES string of the molecule is C=C(/C=C\C=C/C)B1c2ccccc2B(c2ccccc2)c2c1ccc1c2-c2cc(-n3c4ccccc4c4cc5c(cc43)c3ccccc3n5-c3ccccc3)ccc2C12c1ccc(-n3c4ccccc4c4cc5c6ccccc6n(-c6ccccc6)c5cc43)cc1-c1c2ccc2c1B(c1ccccc1)c1ccccc1B2c1ccccc1. The van der Waals surface area contributed by atoms with Crippen LogP contribution in [0.2, 0.25) is 0 Å². The maximum Gasteiger partial charge on any atom is 0.240 e. The van der Waals surface area contributed by atoms with Crippen molar-refractivity contribution >= 4 is 174 Å². The number of hydrogen-bond donors (Lipinski definition) is 0. The van der Waals surface area contributed by atoms with Gasteiger partial charge in [-0.1, -0.05) is 375 Å². The highest BCUT2D eigenvalue weighted by Gasteiger charge is 2.57. The summed E-state index contributed by atoms with van der Waals surface area (Å²) >= 11 is 0. The largest absolute Gasteiger partial charge is 0.309 e. The topological polar surface area (TPSA) is 19.7 Å². The lowest BCUT2D eigenvalue weighted by Gasteiger charge is -2.36. The molecule has 1 atom stereocenters. The Morgan fingerprint density at radius 2 is 0.602 bits per heavy atom. The molecule has 2 aliphatic heterocycles. The fourth-order valence-electron chi connectivity index (χ4n) is 22.5. The van der Waals surface area contributed by atoms with Gasteiger partial charge in [-0.15, -0.1) is 6.58 Å². The van der Waals surface area contributed by atoms with Gasteiger partial charge in [0.05, 0.1) is 49.5 Å². The Bertz CT molecular complexity index is 7920. The average molecular weight is 1490 g/mol. The highest BCUT2D eigenvalue weighted by atomic mass is 15.0. The third kappa shape index (κ3) is 9.26. The predicted octanol–water partition coefficient (Wildman–Crippen LogP) is 18.4. The minimum atomic E-state index is -0.872. The molecule has 4 aromatic heterocycles. The molecule has 4 nitrogen and oxygen atoms in total. The molecule has 25 rings (SSSR count). The molecule has 0 saturated carbocycles. The predicted molar refractivity (Wildman–Crippen MR) is 504 cm³/mol. The van der Waals surface area contributed by atoms with Crippen LogP contribution in [0.1, 0.15) is 29.2 Å².